The smallest absolute Gasteiger partial charge is 0.159 e. The Balaban J connectivity index is 0.00000176. The largest absolute Gasteiger partial charge is 0.497 e. The Hall–Kier alpha value is -2.55. The van der Waals surface area contributed by atoms with Gasteiger partial charge in [0.05, 0.1) is 7.11 Å². The molecule has 0 atom stereocenters. The molecule has 3 heteroatoms. The summed E-state index contributed by atoms with van der Waals surface area (Å²) in [6.07, 6.45) is 4.06. The summed E-state index contributed by atoms with van der Waals surface area (Å²) < 4.78 is 5.32. The molecular formula is C24H33NO2. The van der Waals surface area contributed by atoms with Gasteiger partial charge in [-0.15, -0.1) is 0 Å². The van der Waals surface area contributed by atoms with Crippen molar-refractivity contribution >= 4 is 23.6 Å². The minimum atomic E-state index is -0.0691. The molecule has 0 amide bonds. The predicted octanol–water partition coefficient (Wildman–Crippen LogP) is 6.61. The van der Waals surface area contributed by atoms with Crippen molar-refractivity contribution in [3.8, 4) is 5.75 Å². The molecule has 0 aliphatic heterocycles. The normalized spacial score (nSPS) is 11.0. The average molecular weight is 368 g/mol. The second kappa shape index (κ2) is 9.96. The van der Waals surface area contributed by atoms with Crippen LogP contribution in [0.4, 0.5) is 5.69 Å². The van der Waals surface area contributed by atoms with Gasteiger partial charge in [0, 0.05) is 16.8 Å². The Morgan fingerprint density at radius 1 is 0.963 bits per heavy atom. The number of Topliss-reactive ketones (excluding diaryl/α,β-unsaturated/α-hetero) is 1. The average Bonchev–Trinajstić information content (AvgIpc) is 2.59. The summed E-state index contributed by atoms with van der Waals surface area (Å²) in [5.74, 6) is 0.900. The lowest BCUT2D eigenvalue weighted by molar-refractivity contribution is 0.101. The van der Waals surface area contributed by atoms with E-state index in [0.29, 0.717) is 5.56 Å². The van der Waals surface area contributed by atoms with E-state index in [2.05, 4.69) is 38.2 Å². The Kier molecular flexibility index (Phi) is 8.30. The van der Waals surface area contributed by atoms with E-state index < -0.39 is 0 Å². The third-order valence-corrected chi connectivity index (χ3v) is 3.66. The molecule has 0 spiro atoms. The number of carbonyl (C=O) groups excluding carboxylic acids is 1. The first-order valence-electron chi connectivity index (χ1n) is 9.44. The number of aryl methyl sites for hydroxylation is 1. The van der Waals surface area contributed by atoms with Crippen LogP contribution in [0.3, 0.4) is 0 Å². The van der Waals surface area contributed by atoms with Crippen molar-refractivity contribution in [2.75, 3.05) is 12.4 Å². The molecule has 146 valence electrons. The lowest BCUT2D eigenvalue weighted by atomic mass is 10.0. The first kappa shape index (κ1) is 22.5. The summed E-state index contributed by atoms with van der Waals surface area (Å²) in [4.78, 5) is 11.8. The molecular weight excluding hydrogens is 334 g/mol. The highest BCUT2D eigenvalue weighted by atomic mass is 16.5. The predicted molar refractivity (Wildman–Crippen MR) is 118 cm³/mol. The number of hydrogen-bond donors (Lipinski definition) is 1. The number of nitrogens with one attached hydrogen (secondary N) is 1. The van der Waals surface area contributed by atoms with Gasteiger partial charge in [-0.1, -0.05) is 32.1 Å². The molecule has 0 bridgehead atoms. The molecule has 0 saturated heterocycles. The van der Waals surface area contributed by atoms with Gasteiger partial charge in [0.25, 0.3) is 0 Å². The fraction of sp³-hybridized carbons (Fsp3) is 0.375. The van der Waals surface area contributed by atoms with Crippen molar-refractivity contribution in [3.63, 3.8) is 0 Å². The fourth-order valence-corrected chi connectivity index (χ4v) is 2.64. The summed E-state index contributed by atoms with van der Waals surface area (Å²) in [6.45, 7) is 13.9. The van der Waals surface area contributed by atoms with E-state index in [9.17, 15) is 4.79 Å². The van der Waals surface area contributed by atoms with Crippen LogP contribution in [-0.4, -0.2) is 18.4 Å². The Morgan fingerprint density at radius 3 is 2.07 bits per heavy atom. The molecule has 0 fully saturated rings. The molecule has 0 heterocycles. The number of rotatable bonds is 5. The lowest BCUT2D eigenvalue weighted by Crippen LogP contribution is -2.26. The van der Waals surface area contributed by atoms with E-state index in [1.807, 2.05) is 57.2 Å². The zero-order valence-corrected chi connectivity index (χ0v) is 17.9. The summed E-state index contributed by atoms with van der Waals surface area (Å²) in [5.41, 5.74) is 4.78. The SMILES string of the molecule is CC.COc1cc(C)cc(/C=C/c2cc(NC(C)(C)C)cc(C(C)=O)c2)c1. The van der Waals surface area contributed by atoms with Gasteiger partial charge in [0.1, 0.15) is 5.75 Å². The van der Waals surface area contributed by atoms with E-state index in [1.54, 1.807) is 14.0 Å². The van der Waals surface area contributed by atoms with Crippen molar-refractivity contribution in [3.05, 3.63) is 58.7 Å². The van der Waals surface area contributed by atoms with Crippen molar-refractivity contribution in [2.45, 2.75) is 54.0 Å². The van der Waals surface area contributed by atoms with Crippen molar-refractivity contribution in [1.29, 1.82) is 0 Å². The molecule has 3 nitrogen and oxygen atoms in total. The van der Waals surface area contributed by atoms with Gasteiger partial charge in [0.15, 0.2) is 5.78 Å². The first-order chi connectivity index (χ1) is 12.7. The molecule has 0 unspecified atom stereocenters. The van der Waals surface area contributed by atoms with E-state index in [4.69, 9.17) is 4.74 Å². The number of benzene rings is 2. The Morgan fingerprint density at radius 2 is 1.56 bits per heavy atom. The van der Waals surface area contributed by atoms with Crippen LogP contribution in [0.5, 0.6) is 5.75 Å². The second-order valence-corrected chi connectivity index (χ2v) is 7.39. The standard InChI is InChI=1S/C22H27NO2.C2H6/c1-15-9-17(13-21(10-15)25-6)7-8-18-11-19(16(2)24)14-20(12-18)23-22(3,4)5;1-2/h7-14,23H,1-6H3;1-2H3/b8-7+;. The molecule has 2 rings (SSSR count). The minimum Gasteiger partial charge on any atom is -0.497 e. The number of carbonyl (C=O) groups is 1. The highest BCUT2D eigenvalue weighted by Gasteiger charge is 2.11. The summed E-state index contributed by atoms with van der Waals surface area (Å²) >= 11 is 0. The van der Waals surface area contributed by atoms with E-state index >= 15 is 0 Å². The van der Waals surface area contributed by atoms with Crippen molar-refractivity contribution in [1.82, 2.24) is 0 Å². The molecule has 0 aliphatic rings. The fourth-order valence-electron chi connectivity index (χ4n) is 2.64. The zero-order valence-electron chi connectivity index (χ0n) is 17.9. The molecule has 2 aromatic rings. The van der Waals surface area contributed by atoms with Gasteiger partial charge in [-0.05, 0) is 81.6 Å². The monoisotopic (exact) mass is 367 g/mol. The van der Waals surface area contributed by atoms with Crippen LogP contribution in [0, 0.1) is 6.92 Å². The quantitative estimate of drug-likeness (QED) is 0.477. The Labute approximate surface area is 164 Å². The van der Waals surface area contributed by atoms with Gasteiger partial charge >= 0.3 is 0 Å². The molecule has 0 saturated carbocycles. The number of methoxy groups -OCH3 is 1. The van der Waals surface area contributed by atoms with E-state index in [0.717, 1.165) is 28.1 Å². The van der Waals surface area contributed by atoms with Crippen LogP contribution >= 0.6 is 0 Å². The Bertz CT molecular complexity index is 799. The van der Waals surface area contributed by atoms with Crippen LogP contribution in [0.15, 0.2) is 36.4 Å². The summed E-state index contributed by atoms with van der Waals surface area (Å²) in [6, 6.07) is 12.0. The minimum absolute atomic E-state index is 0.0597. The maximum atomic E-state index is 11.8. The maximum Gasteiger partial charge on any atom is 0.159 e. The third-order valence-electron chi connectivity index (χ3n) is 3.66. The van der Waals surface area contributed by atoms with Gasteiger partial charge in [-0.3, -0.25) is 4.79 Å². The molecule has 2 aromatic carbocycles. The maximum absolute atomic E-state index is 11.8. The van der Waals surface area contributed by atoms with Crippen LogP contribution in [-0.2, 0) is 0 Å². The zero-order chi connectivity index (χ0) is 20.6. The molecule has 1 N–H and O–H groups in total. The number of hydrogen-bond acceptors (Lipinski definition) is 3. The van der Waals surface area contributed by atoms with Gasteiger partial charge < -0.3 is 10.1 Å². The number of anilines is 1. The van der Waals surface area contributed by atoms with Crippen molar-refractivity contribution < 1.29 is 9.53 Å². The van der Waals surface area contributed by atoms with Crippen LogP contribution in [0.25, 0.3) is 12.2 Å². The molecule has 0 aromatic heterocycles. The molecule has 0 radical (unpaired) electrons. The van der Waals surface area contributed by atoms with E-state index in [-0.39, 0.29) is 11.3 Å². The third kappa shape index (κ3) is 7.69. The van der Waals surface area contributed by atoms with E-state index in [1.165, 1.54) is 0 Å². The molecule has 27 heavy (non-hydrogen) atoms. The van der Waals surface area contributed by atoms with Crippen LogP contribution in [0.1, 0.15) is 68.6 Å². The van der Waals surface area contributed by atoms with Gasteiger partial charge in [0.2, 0.25) is 0 Å². The summed E-state index contributed by atoms with van der Waals surface area (Å²) in [7, 11) is 1.67. The lowest BCUT2D eigenvalue weighted by Gasteiger charge is -2.22. The summed E-state index contributed by atoms with van der Waals surface area (Å²) in [5, 5.41) is 3.44. The number of ether oxygens (including phenoxy) is 1. The topological polar surface area (TPSA) is 38.3 Å². The first-order valence-corrected chi connectivity index (χ1v) is 9.44. The second-order valence-electron chi connectivity index (χ2n) is 7.39. The van der Waals surface area contributed by atoms with Gasteiger partial charge in [-0.2, -0.15) is 0 Å². The molecule has 0 aliphatic carbocycles. The van der Waals surface area contributed by atoms with Gasteiger partial charge in [-0.25, -0.2) is 0 Å². The van der Waals surface area contributed by atoms with Crippen LogP contribution in [0.2, 0.25) is 0 Å². The van der Waals surface area contributed by atoms with Crippen LogP contribution < -0.4 is 10.1 Å². The number of ketones is 1. The highest BCUT2D eigenvalue weighted by Crippen LogP contribution is 2.22. The highest BCUT2D eigenvalue weighted by molar-refractivity contribution is 5.96. The van der Waals surface area contributed by atoms with Crippen molar-refractivity contribution in [2.24, 2.45) is 0 Å².